The van der Waals surface area contributed by atoms with E-state index >= 15 is 0 Å². The number of nitrogens with zero attached hydrogens (tertiary/aromatic N) is 2. The molecule has 3 rings (SSSR count). The fraction of sp³-hybridized carbons (Fsp3) is 0.571. The molecule has 0 aromatic heterocycles. The van der Waals surface area contributed by atoms with Gasteiger partial charge in [-0.3, -0.25) is 4.90 Å². The maximum atomic E-state index is 12.0. The summed E-state index contributed by atoms with van der Waals surface area (Å²) in [4.78, 5) is 16.5. The molecule has 1 aromatic rings. The number of piperidine rings is 1. The summed E-state index contributed by atoms with van der Waals surface area (Å²) in [6.07, 6.45) is 4.38. The number of rotatable bonds is 5. The summed E-state index contributed by atoms with van der Waals surface area (Å²) in [6, 6.07) is 9.64. The first-order valence-electron chi connectivity index (χ1n) is 9.83. The Morgan fingerprint density at radius 2 is 2.00 bits per heavy atom. The molecule has 0 bridgehead atoms. The van der Waals surface area contributed by atoms with Crippen LogP contribution in [0.5, 0.6) is 0 Å². The molecule has 0 radical (unpaired) electrons. The van der Waals surface area contributed by atoms with Crippen molar-refractivity contribution in [3.8, 4) is 0 Å². The molecule has 7 heteroatoms. The fourth-order valence-electron chi connectivity index (χ4n) is 4.12. The van der Waals surface area contributed by atoms with Crippen LogP contribution in [0.1, 0.15) is 25.3 Å². The van der Waals surface area contributed by atoms with Crippen LogP contribution in [0.3, 0.4) is 0 Å². The lowest BCUT2D eigenvalue weighted by Crippen LogP contribution is -2.61. The van der Waals surface area contributed by atoms with Gasteiger partial charge in [-0.2, -0.15) is 0 Å². The molecule has 28 heavy (non-hydrogen) atoms. The van der Waals surface area contributed by atoms with Crippen molar-refractivity contribution in [2.45, 2.75) is 44.3 Å². The summed E-state index contributed by atoms with van der Waals surface area (Å²) in [5, 5.41) is 4.40. The highest BCUT2D eigenvalue weighted by Crippen LogP contribution is 2.24. The maximum Gasteiger partial charge on any atom is 0.410 e. The average Bonchev–Trinajstić information content (AvgIpc) is 2.69. The van der Waals surface area contributed by atoms with E-state index in [1.54, 1.807) is 6.08 Å². The number of amides is 1. The Labute approximate surface area is 179 Å². The monoisotopic (exact) mass is 427 g/mol. The number of hydrogen-bond donors (Lipinski definition) is 1. The van der Waals surface area contributed by atoms with Gasteiger partial charge in [0, 0.05) is 49.3 Å². The second kappa shape index (κ2) is 11.1. The maximum absolute atomic E-state index is 12.0. The van der Waals surface area contributed by atoms with E-state index < -0.39 is 0 Å². The van der Waals surface area contributed by atoms with Crippen LogP contribution in [0.2, 0.25) is 5.02 Å². The molecule has 2 fully saturated rings. The van der Waals surface area contributed by atoms with E-state index in [0.717, 1.165) is 50.5 Å². The topological polar surface area (TPSA) is 44.8 Å². The zero-order valence-electron chi connectivity index (χ0n) is 16.5. The number of halogens is 2. The molecule has 0 unspecified atom stereocenters. The number of nitrogens with one attached hydrogen (secondary N) is 1. The van der Waals surface area contributed by atoms with Crippen LogP contribution in [-0.4, -0.2) is 66.8 Å². The highest BCUT2D eigenvalue weighted by molar-refractivity contribution is 6.30. The number of benzene rings is 1. The SMILES string of the molecule is C=CCOC(=O)N1CCC(N2C[C@H](C)NC[C@@H]2Cc2ccc(Cl)cc2)CC1.Cl. The number of piperazine rings is 1. The number of hydrogen-bond acceptors (Lipinski definition) is 4. The third kappa shape index (κ3) is 6.11. The van der Waals surface area contributed by atoms with Crippen molar-refractivity contribution >= 4 is 30.1 Å². The molecule has 1 N–H and O–H groups in total. The molecular weight excluding hydrogens is 397 g/mol. The van der Waals surface area contributed by atoms with Gasteiger partial charge in [0.25, 0.3) is 0 Å². The highest BCUT2D eigenvalue weighted by atomic mass is 35.5. The standard InChI is InChI=1S/C21H30ClN3O2.ClH/c1-3-12-27-21(26)24-10-8-19(9-11-24)25-15-16(2)23-14-20(25)13-17-4-6-18(22)7-5-17;/h3-7,16,19-20,23H,1,8-15H2,2H3;1H/t16-,20-;/m0./s1. The first-order chi connectivity index (χ1) is 13.1. The van der Waals surface area contributed by atoms with Gasteiger partial charge in [-0.15, -0.1) is 12.4 Å². The van der Waals surface area contributed by atoms with Crippen LogP contribution in [0.4, 0.5) is 4.79 Å². The van der Waals surface area contributed by atoms with Gasteiger partial charge in [0.1, 0.15) is 6.61 Å². The van der Waals surface area contributed by atoms with Gasteiger partial charge in [0.05, 0.1) is 0 Å². The molecular formula is C21H31Cl2N3O2. The molecule has 5 nitrogen and oxygen atoms in total. The van der Waals surface area contributed by atoms with Gasteiger partial charge in [-0.05, 0) is 43.9 Å². The summed E-state index contributed by atoms with van der Waals surface area (Å²) >= 11 is 6.02. The Kier molecular flexibility index (Phi) is 9.09. The molecule has 2 heterocycles. The van der Waals surface area contributed by atoms with Crippen LogP contribution in [0, 0.1) is 0 Å². The Morgan fingerprint density at radius 1 is 1.32 bits per heavy atom. The Hall–Kier alpha value is -1.27. The molecule has 1 amide bonds. The predicted molar refractivity (Wildman–Crippen MR) is 117 cm³/mol. The molecule has 2 atom stereocenters. The number of ether oxygens (including phenoxy) is 1. The van der Waals surface area contributed by atoms with E-state index in [2.05, 4.69) is 35.9 Å². The van der Waals surface area contributed by atoms with Crippen molar-refractivity contribution in [2.75, 3.05) is 32.8 Å². The molecule has 2 aliphatic rings. The third-order valence-electron chi connectivity index (χ3n) is 5.56. The van der Waals surface area contributed by atoms with E-state index in [0.29, 0.717) is 18.1 Å². The van der Waals surface area contributed by atoms with Gasteiger partial charge in [0.15, 0.2) is 0 Å². The second-order valence-corrected chi connectivity index (χ2v) is 8.01. The van der Waals surface area contributed by atoms with Gasteiger partial charge in [-0.25, -0.2) is 4.79 Å². The minimum absolute atomic E-state index is 0. The van der Waals surface area contributed by atoms with E-state index in [1.807, 2.05) is 17.0 Å². The number of carbonyl (C=O) groups excluding carboxylic acids is 1. The smallest absolute Gasteiger partial charge is 0.410 e. The zero-order chi connectivity index (χ0) is 19.2. The summed E-state index contributed by atoms with van der Waals surface area (Å²) in [6.45, 7) is 9.66. The first kappa shape index (κ1) is 23.0. The largest absolute Gasteiger partial charge is 0.445 e. The van der Waals surface area contributed by atoms with Gasteiger partial charge in [-0.1, -0.05) is 36.4 Å². The van der Waals surface area contributed by atoms with E-state index in [1.165, 1.54) is 5.56 Å². The van der Waals surface area contributed by atoms with Crippen molar-refractivity contribution in [3.63, 3.8) is 0 Å². The van der Waals surface area contributed by atoms with Gasteiger partial charge >= 0.3 is 6.09 Å². The number of likely N-dealkylation sites (tertiary alicyclic amines) is 1. The average molecular weight is 428 g/mol. The quantitative estimate of drug-likeness (QED) is 0.726. The van der Waals surface area contributed by atoms with Crippen LogP contribution in [0.15, 0.2) is 36.9 Å². The lowest BCUT2D eigenvalue weighted by atomic mass is 9.95. The van der Waals surface area contributed by atoms with Crippen molar-refractivity contribution in [3.05, 3.63) is 47.5 Å². The third-order valence-corrected chi connectivity index (χ3v) is 5.81. The van der Waals surface area contributed by atoms with Crippen molar-refractivity contribution in [1.29, 1.82) is 0 Å². The molecule has 0 spiro atoms. The Morgan fingerprint density at radius 3 is 2.64 bits per heavy atom. The summed E-state index contributed by atoms with van der Waals surface area (Å²) in [5.74, 6) is 0. The minimum Gasteiger partial charge on any atom is -0.445 e. The predicted octanol–water partition coefficient (Wildman–Crippen LogP) is 3.75. The van der Waals surface area contributed by atoms with E-state index in [9.17, 15) is 4.79 Å². The zero-order valence-corrected chi connectivity index (χ0v) is 18.1. The van der Waals surface area contributed by atoms with Crippen molar-refractivity contribution in [1.82, 2.24) is 15.1 Å². The summed E-state index contributed by atoms with van der Waals surface area (Å²) < 4.78 is 5.17. The molecule has 2 aliphatic heterocycles. The van der Waals surface area contributed by atoms with Gasteiger partial charge < -0.3 is 15.0 Å². The lowest BCUT2D eigenvalue weighted by Gasteiger charge is -2.46. The van der Waals surface area contributed by atoms with E-state index in [4.69, 9.17) is 16.3 Å². The van der Waals surface area contributed by atoms with Gasteiger partial charge in [0.2, 0.25) is 0 Å². The molecule has 1 aromatic carbocycles. The first-order valence-corrected chi connectivity index (χ1v) is 10.2. The van der Waals surface area contributed by atoms with E-state index in [-0.39, 0.29) is 25.1 Å². The minimum atomic E-state index is -0.222. The molecule has 2 saturated heterocycles. The molecule has 0 saturated carbocycles. The fourth-order valence-corrected chi connectivity index (χ4v) is 4.24. The normalized spacial score (nSPS) is 23.7. The van der Waals surface area contributed by atoms with Crippen LogP contribution in [0.25, 0.3) is 0 Å². The molecule has 156 valence electrons. The summed E-state index contributed by atoms with van der Waals surface area (Å²) in [7, 11) is 0. The van der Waals surface area contributed by atoms with Crippen LogP contribution in [-0.2, 0) is 11.2 Å². The van der Waals surface area contributed by atoms with Crippen LogP contribution < -0.4 is 5.32 Å². The number of carbonyl (C=O) groups is 1. The Balaban J connectivity index is 0.00000280. The van der Waals surface area contributed by atoms with Crippen LogP contribution >= 0.6 is 24.0 Å². The summed E-state index contributed by atoms with van der Waals surface area (Å²) in [5.41, 5.74) is 1.32. The Bertz CT molecular complexity index is 633. The highest BCUT2D eigenvalue weighted by Gasteiger charge is 2.34. The second-order valence-electron chi connectivity index (χ2n) is 7.57. The lowest BCUT2D eigenvalue weighted by molar-refractivity contribution is 0.0399. The van der Waals surface area contributed by atoms with Crippen molar-refractivity contribution < 1.29 is 9.53 Å². The molecule has 0 aliphatic carbocycles. The van der Waals surface area contributed by atoms with Crippen molar-refractivity contribution in [2.24, 2.45) is 0 Å².